The van der Waals surface area contributed by atoms with E-state index in [0.29, 0.717) is 18.5 Å². The number of aliphatic hydroxyl groups excluding tert-OH is 1. The summed E-state index contributed by atoms with van der Waals surface area (Å²) < 4.78 is 0. The number of nitrogens with one attached hydrogen (secondary N) is 1. The third kappa shape index (κ3) is 5.17. The van der Waals surface area contributed by atoms with Gasteiger partial charge in [0.05, 0.1) is 6.10 Å². The second-order valence-corrected chi connectivity index (χ2v) is 5.45. The Hall–Kier alpha value is -0.900. The van der Waals surface area contributed by atoms with Crippen LogP contribution in [0.3, 0.4) is 0 Å². The summed E-state index contributed by atoms with van der Waals surface area (Å²) in [6.45, 7) is 5.99. The molecule has 0 aliphatic carbocycles. The summed E-state index contributed by atoms with van der Waals surface area (Å²) in [5.74, 6) is 0.551. The molecule has 18 heavy (non-hydrogen) atoms. The Bertz CT molecular complexity index is 325. The molecule has 1 rings (SSSR count). The topological polar surface area (TPSA) is 35.5 Å². The smallest absolute Gasteiger partial charge is 0.0914 e. The summed E-state index contributed by atoms with van der Waals surface area (Å²) in [6, 6.07) is 10.2. The van der Waals surface area contributed by atoms with Crippen molar-refractivity contribution in [3.05, 3.63) is 35.9 Å². The minimum absolute atomic E-state index is 0.401. The van der Waals surface area contributed by atoms with Crippen LogP contribution in [0.15, 0.2) is 30.3 Å². The van der Waals surface area contributed by atoms with Crippen LogP contribution in [-0.4, -0.2) is 43.2 Å². The SMILES string of the molecule is CC(C)C(CN(C)C)NCC(O)c1ccccc1. The van der Waals surface area contributed by atoms with E-state index >= 15 is 0 Å². The summed E-state index contributed by atoms with van der Waals surface area (Å²) in [5.41, 5.74) is 0.970. The zero-order valence-electron chi connectivity index (χ0n) is 11.9. The molecule has 0 bridgehead atoms. The van der Waals surface area contributed by atoms with Crippen LogP contribution in [0.1, 0.15) is 25.5 Å². The van der Waals surface area contributed by atoms with Crippen LogP contribution in [0.2, 0.25) is 0 Å². The van der Waals surface area contributed by atoms with E-state index in [1.807, 2.05) is 30.3 Å². The first-order chi connectivity index (χ1) is 8.50. The Morgan fingerprint density at radius 3 is 2.28 bits per heavy atom. The molecule has 0 fully saturated rings. The summed E-state index contributed by atoms with van der Waals surface area (Å²) in [7, 11) is 4.15. The number of likely N-dealkylation sites (N-methyl/N-ethyl adjacent to an activating group) is 1. The molecular weight excluding hydrogens is 224 g/mol. The molecule has 1 aromatic rings. The molecule has 0 aliphatic rings. The van der Waals surface area contributed by atoms with Gasteiger partial charge in [0.2, 0.25) is 0 Å². The van der Waals surface area contributed by atoms with Gasteiger partial charge in [-0.05, 0) is 25.6 Å². The first-order valence-electron chi connectivity index (χ1n) is 6.61. The van der Waals surface area contributed by atoms with Gasteiger partial charge in [0.15, 0.2) is 0 Å². The largest absolute Gasteiger partial charge is 0.387 e. The molecule has 3 heteroatoms. The minimum Gasteiger partial charge on any atom is -0.387 e. The molecule has 2 unspecified atom stereocenters. The highest BCUT2D eigenvalue weighted by Crippen LogP contribution is 2.12. The third-order valence-electron chi connectivity index (χ3n) is 3.12. The Morgan fingerprint density at radius 2 is 1.78 bits per heavy atom. The Morgan fingerprint density at radius 1 is 1.17 bits per heavy atom. The van der Waals surface area contributed by atoms with Crippen LogP contribution in [0.4, 0.5) is 0 Å². The fourth-order valence-electron chi connectivity index (χ4n) is 1.96. The standard InChI is InChI=1S/C15H26N2O/c1-12(2)14(11-17(3)4)16-10-15(18)13-8-6-5-7-9-13/h5-9,12,14-16,18H,10-11H2,1-4H3. The number of hydrogen-bond donors (Lipinski definition) is 2. The highest BCUT2D eigenvalue weighted by Gasteiger charge is 2.15. The molecule has 0 aromatic heterocycles. The average Bonchev–Trinajstić information content (AvgIpc) is 2.34. The Labute approximate surface area is 111 Å². The number of aliphatic hydroxyl groups is 1. The van der Waals surface area contributed by atoms with Crippen molar-refractivity contribution in [1.82, 2.24) is 10.2 Å². The molecule has 102 valence electrons. The molecule has 0 saturated heterocycles. The molecular formula is C15H26N2O. The van der Waals surface area contributed by atoms with Gasteiger partial charge >= 0.3 is 0 Å². The van der Waals surface area contributed by atoms with Gasteiger partial charge in [0.25, 0.3) is 0 Å². The van der Waals surface area contributed by atoms with Crippen molar-refractivity contribution in [2.75, 3.05) is 27.2 Å². The number of nitrogens with zero attached hydrogens (tertiary/aromatic N) is 1. The molecule has 0 heterocycles. The monoisotopic (exact) mass is 250 g/mol. The van der Waals surface area contributed by atoms with Crippen LogP contribution in [0.25, 0.3) is 0 Å². The van der Waals surface area contributed by atoms with Crippen LogP contribution < -0.4 is 5.32 Å². The summed E-state index contributed by atoms with van der Waals surface area (Å²) in [6.07, 6.45) is -0.436. The Kier molecular flexibility index (Phi) is 6.33. The minimum atomic E-state index is -0.436. The maximum atomic E-state index is 10.1. The predicted octanol–water partition coefficient (Wildman–Crippen LogP) is 1.90. The van der Waals surface area contributed by atoms with Crippen molar-refractivity contribution in [3.8, 4) is 0 Å². The lowest BCUT2D eigenvalue weighted by molar-refractivity contribution is 0.160. The van der Waals surface area contributed by atoms with Gasteiger partial charge in [0.1, 0.15) is 0 Å². The molecule has 0 radical (unpaired) electrons. The first kappa shape index (κ1) is 15.2. The molecule has 2 atom stereocenters. The van der Waals surface area contributed by atoms with Gasteiger partial charge in [-0.3, -0.25) is 0 Å². The van der Waals surface area contributed by atoms with E-state index in [1.54, 1.807) is 0 Å². The lowest BCUT2D eigenvalue weighted by Gasteiger charge is -2.27. The van der Waals surface area contributed by atoms with E-state index in [1.165, 1.54) is 0 Å². The zero-order chi connectivity index (χ0) is 13.5. The van der Waals surface area contributed by atoms with Crippen molar-refractivity contribution in [2.45, 2.75) is 26.0 Å². The quantitative estimate of drug-likeness (QED) is 0.776. The van der Waals surface area contributed by atoms with E-state index < -0.39 is 6.10 Å². The number of hydrogen-bond acceptors (Lipinski definition) is 3. The van der Waals surface area contributed by atoms with Gasteiger partial charge in [-0.15, -0.1) is 0 Å². The maximum Gasteiger partial charge on any atom is 0.0914 e. The van der Waals surface area contributed by atoms with Crippen molar-refractivity contribution < 1.29 is 5.11 Å². The Balaban J connectivity index is 2.47. The van der Waals surface area contributed by atoms with E-state index in [2.05, 4.69) is 38.2 Å². The van der Waals surface area contributed by atoms with E-state index in [-0.39, 0.29) is 0 Å². The van der Waals surface area contributed by atoms with Crippen molar-refractivity contribution in [2.24, 2.45) is 5.92 Å². The molecule has 3 nitrogen and oxygen atoms in total. The average molecular weight is 250 g/mol. The second-order valence-electron chi connectivity index (χ2n) is 5.45. The van der Waals surface area contributed by atoms with E-state index in [4.69, 9.17) is 0 Å². The van der Waals surface area contributed by atoms with Crippen LogP contribution in [-0.2, 0) is 0 Å². The van der Waals surface area contributed by atoms with Gasteiger partial charge in [-0.1, -0.05) is 44.2 Å². The maximum absolute atomic E-state index is 10.1. The highest BCUT2D eigenvalue weighted by molar-refractivity contribution is 5.17. The van der Waals surface area contributed by atoms with Gasteiger partial charge in [-0.25, -0.2) is 0 Å². The van der Waals surface area contributed by atoms with Gasteiger partial charge in [-0.2, -0.15) is 0 Å². The van der Waals surface area contributed by atoms with Crippen LogP contribution in [0, 0.1) is 5.92 Å². The van der Waals surface area contributed by atoms with Crippen molar-refractivity contribution >= 4 is 0 Å². The molecule has 0 aliphatic heterocycles. The fraction of sp³-hybridized carbons (Fsp3) is 0.600. The predicted molar refractivity (Wildman–Crippen MR) is 76.6 cm³/mol. The molecule has 0 spiro atoms. The van der Waals surface area contributed by atoms with Crippen molar-refractivity contribution in [1.29, 1.82) is 0 Å². The lowest BCUT2D eigenvalue weighted by atomic mass is 10.0. The normalized spacial score (nSPS) is 15.1. The van der Waals surface area contributed by atoms with Crippen LogP contribution >= 0.6 is 0 Å². The molecule has 0 saturated carbocycles. The fourth-order valence-corrected chi connectivity index (χ4v) is 1.96. The van der Waals surface area contributed by atoms with Gasteiger partial charge < -0.3 is 15.3 Å². The summed E-state index contributed by atoms with van der Waals surface area (Å²) in [4.78, 5) is 2.17. The molecule has 1 aromatic carbocycles. The van der Waals surface area contributed by atoms with Gasteiger partial charge in [0, 0.05) is 19.1 Å². The first-order valence-corrected chi connectivity index (χ1v) is 6.61. The summed E-state index contributed by atoms with van der Waals surface area (Å²) >= 11 is 0. The van der Waals surface area contributed by atoms with E-state index in [9.17, 15) is 5.11 Å². The number of rotatable bonds is 7. The van der Waals surface area contributed by atoms with E-state index in [0.717, 1.165) is 12.1 Å². The van der Waals surface area contributed by atoms with Crippen LogP contribution in [0.5, 0.6) is 0 Å². The summed E-state index contributed by atoms with van der Waals surface area (Å²) in [5, 5.41) is 13.6. The number of benzene rings is 1. The van der Waals surface area contributed by atoms with Crippen molar-refractivity contribution in [3.63, 3.8) is 0 Å². The lowest BCUT2D eigenvalue weighted by Crippen LogP contribution is -2.43. The highest BCUT2D eigenvalue weighted by atomic mass is 16.3. The molecule has 2 N–H and O–H groups in total. The third-order valence-corrected chi connectivity index (χ3v) is 3.12. The molecule has 0 amide bonds. The second kappa shape index (κ2) is 7.52. The zero-order valence-corrected chi connectivity index (χ0v) is 11.9.